The minimum atomic E-state index is -0.517. The van der Waals surface area contributed by atoms with Gasteiger partial charge in [0.25, 0.3) is 5.91 Å². The van der Waals surface area contributed by atoms with E-state index in [2.05, 4.69) is 5.32 Å². The largest absolute Gasteiger partial charge is 0.486 e. The third-order valence-electron chi connectivity index (χ3n) is 4.73. The molecule has 8 heteroatoms. The zero-order valence-electron chi connectivity index (χ0n) is 16.4. The Hall–Kier alpha value is -3.68. The Labute approximate surface area is 174 Å². The highest BCUT2D eigenvalue weighted by Gasteiger charge is 2.22. The van der Waals surface area contributed by atoms with Crippen molar-refractivity contribution in [3.05, 3.63) is 59.7 Å². The van der Waals surface area contributed by atoms with Crippen molar-refractivity contribution >= 4 is 17.5 Å². The number of ether oxygens (including phenoxy) is 4. The molecule has 0 saturated heterocycles. The zero-order valence-corrected chi connectivity index (χ0v) is 16.4. The predicted octanol–water partition coefficient (Wildman–Crippen LogP) is 1.87. The number of fused-ring (bicyclic) bond motifs is 2. The molecule has 2 aliphatic rings. The molecule has 8 nitrogen and oxygen atoms in total. The smallest absolute Gasteiger partial charge is 0.255 e. The lowest BCUT2D eigenvalue weighted by atomic mass is 9.97. The lowest BCUT2D eigenvalue weighted by molar-refractivity contribution is -0.119. The van der Waals surface area contributed by atoms with Gasteiger partial charge in [-0.3, -0.25) is 10.2 Å². The van der Waals surface area contributed by atoms with Gasteiger partial charge in [0.2, 0.25) is 5.90 Å². The van der Waals surface area contributed by atoms with Crippen molar-refractivity contribution in [2.75, 3.05) is 26.4 Å². The molecule has 2 aromatic carbocycles. The number of nitrogens with two attached hydrogens (primary N) is 1. The Morgan fingerprint density at radius 1 is 1.27 bits per heavy atom. The summed E-state index contributed by atoms with van der Waals surface area (Å²) in [6, 6.07) is 13.0. The van der Waals surface area contributed by atoms with E-state index in [0.717, 1.165) is 29.8 Å². The minimum absolute atomic E-state index is 0.0295. The Balaban J connectivity index is 1.37. The van der Waals surface area contributed by atoms with Crippen LogP contribution < -0.4 is 25.3 Å². The van der Waals surface area contributed by atoms with E-state index < -0.39 is 5.91 Å². The molecule has 2 aromatic rings. The fourth-order valence-corrected chi connectivity index (χ4v) is 3.34. The Morgan fingerprint density at radius 2 is 2.10 bits per heavy atom. The third-order valence-corrected chi connectivity index (χ3v) is 4.73. The molecular weight excluding hydrogens is 386 g/mol. The lowest BCUT2D eigenvalue weighted by Gasteiger charge is -2.26. The Morgan fingerprint density at radius 3 is 2.93 bits per heavy atom. The summed E-state index contributed by atoms with van der Waals surface area (Å²) in [7, 11) is 0. The minimum Gasteiger partial charge on any atom is -0.486 e. The number of hydrogen-bond acceptors (Lipinski definition) is 7. The van der Waals surface area contributed by atoms with Crippen LogP contribution in [0.1, 0.15) is 11.1 Å². The summed E-state index contributed by atoms with van der Waals surface area (Å²) in [5.74, 6) is 1.50. The third kappa shape index (κ3) is 4.65. The molecular formula is C22H23N3O5. The van der Waals surface area contributed by atoms with Gasteiger partial charge in [-0.2, -0.15) is 0 Å². The van der Waals surface area contributed by atoms with Gasteiger partial charge in [0.15, 0.2) is 24.2 Å². The average Bonchev–Trinajstić information content (AvgIpc) is 2.76. The normalized spacial score (nSPS) is 18.1. The maximum Gasteiger partial charge on any atom is 0.255 e. The summed E-state index contributed by atoms with van der Waals surface area (Å²) < 4.78 is 22.5. The summed E-state index contributed by atoms with van der Waals surface area (Å²) in [4.78, 5) is 10.9. The average molecular weight is 409 g/mol. The van der Waals surface area contributed by atoms with Crippen molar-refractivity contribution in [3.8, 4) is 17.2 Å². The second-order valence-corrected chi connectivity index (χ2v) is 6.98. The molecule has 4 rings (SSSR count). The fourth-order valence-electron chi connectivity index (χ4n) is 3.34. The number of amides is 1. The number of nitrogens with one attached hydrogen (secondary N) is 2. The molecule has 0 fully saturated rings. The van der Waals surface area contributed by atoms with Crippen molar-refractivity contribution in [2.45, 2.75) is 12.5 Å². The van der Waals surface area contributed by atoms with Crippen LogP contribution in [0.25, 0.3) is 5.70 Å². The van der Waals surface area contributed by atoms with Crippen LogP contribution in [-0.4, -0.2) is 44.3 Å². The van der Waals surface area contributed by atoms with Crippen LogP contribution in [-0.2, 0) is 16.0 Å². The highest BCUT2D eigenvalue weighted by Crippen LogP contribution is 2.31. The molecule has 0 aliphatic carbocycles. The number of hydrogen-bond donors (Lipinski definition) is 3. The van der Waals surface area contributed by atoms with Crippen molar-refractivity contribution in [1.29, 1.82) is 5.41 Å². The van der Waals surface area contributed by atoms with Crippen LogP contribution in [0.5, 0.6) is 17.2 Å². The predicted molar refractivity (Wildman–Crippen MR) is 111 cm³/mol. The van der Waals surface area contributed by atoms with E-state index in [1.165, 1.54) is 0 Å². The highest BCUT2D eigenvalue weighted by atomic mass is 16.6. The number of carbonyl (C=O) groups is 1. The van der Waals surface area contributed by atoms with Gasteiger partial charge in [-0.15, -0.1) is 0 Å². The molecule has 0 saturated carbocycles. The fraction of sp³-hybridized carbons (Fsp3) is 0.273. The van der Waals surface area contributed by atoms with Crippen molar-refractivity contribution in [3.63, 3.8) is 0 Å². The first-order valence-corrected chi connectivity index (χ1v) is 9.68. The van der Waals surface area contributed by atoms with Crippen molar-refractivity contribution in [2.24, 2.45) is 5.73 Å². The Bertz CT molecular complexity index is 988. The number of primary amides is 1. The summed E-state index contributed by atoms with van der Waals surface area (Å²) in [5.41, 5.74) is 7.95. The highest BCUT2D eigenvalue weighted by molar-refractivity contribution is 5.93. The molecule has 0 radical (unpaired) electrons. The van der Waals surface area contributed by atoms with E-state index in [9.17, 15) is 4.79 Å². The quantitative estimate of drug-likeness (QED) is 0.496. The van der Waals surface area contributed by atoms with Gasteiger partial charge in [0.05, 0.1) is 0 Å². The van der Waals surface area contributed by atoms with Crippen LogP contribution in [0.15, 0.2) is 48.5 Å². The molecule has 0 aromatic heterocycles. The van der Waals surface area contributed by atoms with E-state index in [-0.39, 0.29) is 25.2 Å². The monoisotopic (exact) mass is 409 g/mol. The van der Waals surface area contributed by atoms with Gasteiger partial charge in [-0.05, 0) is 42.3 Å². The van der Waals surface area contributed by atoms with Gasteiger partial charge >= 0.3 is 0 Å². The summed E-state index contributed by atoms with van der Waals surface area (Å²) >= 11 is 0. The standard InChI is InChI=1S/C22H23N3O5/c23-21(26)13-27-15-5-6-17-14(9-15)7-8-25-18(17)10-22(24)29-12-16-11-28-19-3-1-2-4-20(19)30-16/h1-6,9-10,16,24-25H,7-8,11-13H2,(H2,23,26)/b18-10-,24-22?. The molecule has 1 atom stereocenters. The Kier molecular flexibility index (Phi) is 5.74. The van der Waals surface area contributed by atoms with Crippen molar-refractivity contribution in [1.82, 2.24) is 5.32 Å². The van der Waals surface area contributed by atoms with E-state index in [4.69, 9.17) is 30.1 Å². The number of rotatable bonds is 6. The molecule has 0 bridgehead atoms. The lowest BCUT2D eigenvalue weighted by Crippen LogP contribution is -2.34. The number of para-hydroxylation sites is 2. The maximum atomic E-state index is 10.9. The van der Waals surface area contributed by atoms with Crippen molar-refractivity contribution < 1.29 is 23.7 Å². The van der Waals surface area contributed by atoms with Crippen LogP contribution >= 0.6 is 0 Å². The molecule has 156 valence electrons. The van der Waals surface area contributed by atoms with E-state index in [1.54, 1.807) is 12.1 Å². The van der Waals surface area contributed by atoms with Crippen LogP contribution in [0.2, 0.25) is 0 Å². The van der Waals surface area contributed by atoms with Crippen LogP contribution in [0.3, 0.4) is 0 Å². The van der Waals surface area contributed by atoms with E-state index >= 15 is 0 Å². The van der Waals surface area contributed by atoms with E-state index in [1.807, 2.05) is 36.4 Å². The van der Waals surface area contributed by atoms with Gasteiger partial charge in [-0.1, -0.05) is 12.1 Å². The maximum absolute atomic E-state index is 10.9. The molecule has 1 amide bonds. The first kappa shape index (κ1) is 19.6. The first-order valence-electron chi connectivity index (χ1n) is 9.68. The molecule has 4 N–H and O–H groups in total. The van der Waals surface area contributed by atoms with Gasteiger partial charge in [-0.25, -0.2) is 0 Å². The summed E-state index contributed by atoms with van der Waals surface area (Å²) in [5, 5.41) is 11.5. The van der Waals surface area contributed by atoms with Gasteiger partial charge < -0.3 is 30.0 Å². The number of benzene rings is 2. The van der Waals surface area contributed by atoms with Crippen LogP contribution in [0, 0.1) is 5.41 Å². The molecule has 2 aliphatic heterocycles. The van der Waals surface area contributed by atoms with Gasteiger partial charge in [0, 0.05) is 23.9 Å². The van der Waals surface area contributed by atoms with E-state index in [0.29, 0.717) is 23.9 Å². The summed E-state index contributed by atoms with van der Waals surface area (Å²) in [6.07, 6.45) is 2.18. The molecule has 2 heterocycles. The topological polar surface area (TPSA) is 116 Å². The second-order valence-electron chi connectivity index (χ2n) is 6.98. The zero-order chi connectivity index (χ0) is 20.9. The molecule has 30 heavy (non-hydrogen) atoms. The second kappa shape index (κ2) is 8.77. The van der Waals surface area contributed by atoms with Crippen LogP contribution in [0.4, 0.5) is 0 Å². The summed E-state index contributed by atoms with van der Waals surface area (Å²) in [6.45, 7) is 1.15. The first-order chi connectivity index (χ1) is 14.6. The van der Waals surface area contributed by atoms with Gasteiger partial charge in [0.1, 0.15) is 19.0 Å². The number of carbonyl (C=O) groups excluding carboxylic acids is 1. The SMILES string of the molecule is N=C(/C=C1\NCCc2cc(OCC(N)=O)ccc21)OCC1COc2ccccc2O1. The molecule has 1 unspecified atom stereocenters. The molecule has 0 spiro atoms.